The number of benzene rings is 3. The fourth-order valence-corrected chi connectivity index (χ4v) is 4.09. The van der Waals surface area contributed by atoms with E-state index in [9.17, 15) is 13.2 Å². The fraction of sp³-hybridized carbons (Fsp3) is 0.286. The van der Waals surface area contributed by atoms with Gasteiger partial charge in [-0.05, 0) is 66.9 Å². The summed E-state index contributed by atoms with van der Waals surface area (Å²) in [6, 6.07) is 19.0. The Kier molecular flexibility index (Phi) is 7.36. The summed E-state index contributed by atoms with van der Waals surface area (Å²) in [4.78, 5) is 9.52. The van der Waals surface area contributed by atoms with E-state index in [0.29, 0.717) is 29.1 Å². The highest BCUT2D eigenvalue weighted by atomic mass is 19.4. The second-order valence-corrected chi connectivity index (χ2v) is 8.84. The van der Waals surface area contributed by atoms with Gasteiger partial charge in [0.2, 0.25) is 0 Å². The van der Waals surface area contributed by atoms with Crippen LogP contribution in [0.2, 0.25) is 0 Å². The number of hydrogen-bond donors (Lipinski definition) is 2. The maximum Gasteiger partial charge on any atom is 0.416 e. The standard InChI is InChI=1S/C28H29F3N4/c1-18(2)23-11-7-12-24-25(23)34-26(35-27(24)33-14-8-13-32-3)21-15-20(19-9-5-4-6-10-19)16-22(17-21)28(29,30)31/h4-7,9-12,15-18,32H,8,13-14H2,1-3H3,(H,33,34,35). The Labute approximate surface area is 203 Å². The molecule has 0 amide bonds. The molecule has 3 aromatic carbocycles. The van der Waals surface area contributed by atoms with Gasteiger partial charge in [-0.1, -0.05) is 56.3 Å². The molecule has 182 valence electrons. The molecule has 0 atom stereocenters. The van der Waals surface area contributed by atoms with Gasteiger partial charge in [0, 0.05) is 17.5 Å². The number of nitrogens with zero attached hydrogens (tertiary/aromatic N) is 2. The van der Waals surface area contributed by atoms with Gasteiger partial charge in [0.15, 0.2) is 5.82 Å². The van der Waals surface area contributed by atoms with Gasteiger partial charge >= 0.3 is 6.18 Å². The first-order chi connectivity index (χ1) is 16.8. The van der Waals surface area contributed by atoms with Crippen LogP contribution < -0.4 is 10.6 Å². The summed E-state index contributed by atoms with van der Waals surface area (Å²) in [5.41, 5.74) is 2.56. The molecule has 35 heavy (non-hydrogen) atoms. The van der Waals surface area contributed by atoms with Crippen LogP contribution in [0, 0.1) is 0 Å². The Bertz CT molecular complexity index is 1300. The number of para-hydroxylation sites is 1. The molecule has 0 aliphatic rings. The third kappa shape index (κ3) is 5.62. The minimum atomic E-state index is -4.49. The molecule has 0 fully saturated rings. The SMILES string of the molecule is CNCCCNc1nc(-c2cc(-c3ccccc3)cc(C(F)(F)F)c2)nc2c(C(C)C)cccc12. The number of hydrogen-bond acceptors (Lipinski definition) is 4. The van der Waals surface area contributed by atoms with Crippen LogP contribution in [-0.4, -0.2) is 30.1 Å². The molecule has 0 saturated carbocycles. The minimum Gasteiger partial charge on any atom is -0.369 e. The van der Waals surface area contributed by atoms with Crippen LogP contribution in [-0.2, 0) is 6.18 Å². The molecule has 0 aliphatic heterocycles. The molecule has 0 aliphatic carbocycles. The lowest BCUT2D eigenvalue weighted by molar-refractivity contribution is -0.137. The molecule has 4 aromatic rings. The quantitative estimate of drug-likeness (QED) is 0.265. The van der Waals surface area contributed by atoms with E-state index in [1.165, 1.54) is 6.07 Å². The van der Waals surface area contributed by atoms with E-state index in [4.69, 9.17) is 9.97 Å². The van der Waals surface area contributed by atoms with Gasteiger partial charge in [-0.25, -0.2) is 9.97 Å². The first-order valence-corrected chi connectivity index (χ1v) is 11.7. The average Bonchev–Trinajstić information content (AvgIpc) is 2.85. The third-order valence-electron chi connectivity index (χ3n) is 5.90. The van der Waals surface area contributed by atoms with Crippen LogP contribution in [0.4, 0.5) is 19.0 Å². The summed E-state index contributed by atoms with van der Waals surface area (Å²) in [5, 5.41) is 7.35. The summed E-state index contributed by atoms with van der Waals surface area (Å²) >= 11 is 0. The Hall–Kier alpha value is -3.45. The predicted molar refractivity (Wildman–Crippen MR) is 137 cm³/mol. The lowest BCUT2D eigenvalue weighted by Crippen LogP contribution is -2.14. The van der Waals surface area contributed by atoms with Crippen molar-refractivity contribution < 1.29 is 13.2 Å². The zero-order valence-corrected chi connectivity index (χ0v) is 20.1. The number of rotatable bonds is 8. The summed E-state index contributed by atoms with van der Waals surface area (Å²) in [5.74, 6) is 1.09. The molecular weight excluding hydrogens is 449 g/mol. The van der Waals surface area contributed by atoms with Gasteiger partial charge < -0.3 is 10.6 Å². The van der Waals surface area contributed by atoms with E-state index < -0.39 is 11.7 Å². The summed E-state index contributed by atoms with van der Waals surface area (Å²) in [7, 11) is 1.89. The highest BCUT2D eigenvalue weighted by Crippen LogP contribution is 2.37. The van der Waals surface area contributed by atoms with Crippen LogP contribution in [0.25, 0.3) is 33.4 Å². The van der Waals surface area contributed by atoms with Crippen LogP contribution in [0.1, 0.15) is 37.3 Å². The Morgan fingerprint density at radius 3 is 2.26 bits per heavy atom. The molecule has 0 bridgehead atoms. The average molecular weight is 479 g/mol. The lowest BCUT2D eigenvalue weighted by atomic mass is 9.98. The first kappa shape index (κ1) is 24.7. The van der Waals surface area contributed by atoms with E-state index in [1.54, 1.807) is 18.2 Å². The zero-order chi connectivity index (χ0) is 25.0. The van der Waals surface area contributed by atoms with Crippen LogP contribution >= 0.6 is 0 Å². The molecule has 2 N–H and O–H groups in total. The summed E-state index contributed by atoms with van der Waals surface area (Å²) in [6.45, 7) is 5.67. The first-order valence-electron chi connectivity index (χ1n) is 11.7. The highest BCUT2D eigenvalue weighted by molar-refractivity contribution is 5.93. The van der Waals surface area contributed by atoms with Crippen molar-refractivity contribution in [3.63, 3.8) is 0 Å². The van der Waals surface area contributed by atoms with E-state index in [-0.39, 0.29) is 11.7 Å². The second kappa shape index (κ2) is 10.4. The number of anilines is 1. The van der Waals surface area contributed by atoms with Gasteiger partial charge in [0.25, 0.3) is 0 Å². The molecule has 7 heteroatoms. The number of halogens is 3. The van der Waals surface area contributed by atoms with Crippen molar-refractivity contribution in [3.8, 4) is 22.5 Å². The molecule has 0 unspecified atom stereocenters. The lowest BCUT2D eigenvalue weighted by Gasteiger charge is -2.16. The number of aromatic nitrogens is 2. The highest BCUT2D eigenvalue weighted by Gasteiger charge is 2.32. The van der Waals surface area contributed by atoms with Crippen molar-refractivity contribution in [2.24, 2.45) is 0 Å². The fourth-order valence-electron chi connectivity index (χ4n) is 4.09. The van der Waals surface area contributed by atoms with Crippen LogP contribution in [0.5, 0.6) is 0 Å². The van der Waals surface area contributed by atoms with Gasteiger partial charge in [-0.15, -0.1) is 0 Å². The van der Waals surface area contributed by atoms with Gasteiger partial charge in [-0.2, -0.15) is 13.2 Å². The van der Waals surface area contributed by atoms with E-state index in [0.717, 1.165) is 35.5 Å². The number of nitrogens with one attached hydrogen (secondary N) is 2. The van der Waals surface area contributed by atoms with Crippen molar-refractivity contribution in [2.45, 2.75) is 32.4 Å². The molecule has 0 saturated heterocycles. The van der Waals surface area contributed by atoms with Gasteiger partial charge in [0.05, 0.1) is 11.1 Å². The van der Waals surface area contributed by atoms with Crippen molar-refractivity contribution >= 4 is 16.7 Å². The summed E-state index contributed by atoms with van der Waals surface area (Å²) < 4.78 is 41.6. The Morgan fingerprint density at radius 2 is 1.57 bits per heavy atom. The maximum absolute atomic E-state index is 13.9. The Balaban J connectivity index is 1.92. The number of fused-ring (bicyclic) bond motifs is 1. The topological polar surface area (TPSA) is 49.8 Å². The van der Waals surface area contributed by atoms with E-state index in [2.05, 4.69) is 24.5 Å². The predicted octanol–water partition coefficient (Wildman–Crippen LogP) is 7.13. The van der Waals surface area contributed by atoms with Gasteiger partial charge in [-0.3, -0.25) is 0 Å². The van der Waals surface area contributed by atoms with Crippen molar-refractivity contribution in [1.82, 2.24) is 15.3 Å². The molecule has 1 heterocycles. The molecule has 4 nitrogen and oxygen atoms in total. The molecule has 0 spiro atoms. The monoisotopic (exact) mass is 478 g/mol. The molecule has 0 radical (unpaired) electrons. The second-order valence-electron chi connectivity index (χ2n) is 8.84. The van der Waals surface area contributed by atoms with Crippen molar-refractivity contribution in [3.05, 3.63) is 77.9 Å². The van der Waals surface area contributed by atoms with Gasteiger partial charge in [0.1, 0.15) is 5.82 Å². The third-order valence-corrected chi connectivity index (χ3v) is 5.90. The van der Waals surface area contributed by atoms with Crippen molar-refractivity contribution in [2.75, 3.05) is 25.5 Å². The van der Waals surface area contributed by atoms with E-state index in [1.807, 2.05) is 43.4 Å². The van der Waals surface area contributed by atoms with Crippen molar-refractivity contribution in [1.29, 1.82) is 0 Å². The zero-order valence-electron chi connectivity index (χ0n) is 20.1. The van der Waals surface area contributed by atoms with Crippen LogP contribution in [0.15, 0.2) is 66.7 Å². The number of alkyl halides is 3. The van der Waals surface area contributed by atoms with E-state index >= 15 is 0 Å². The normalized spacial score (nSPS) is 11.9. The largest absolute Gasteiger partial charge is 0.416 e. The molecule has 4 rings (SSSR count). The maximum atomic E-state index is 13.9. The smallest absolute Gasteiger partial charge is 0.369 e. The Morgan fingerprint density at radius 1 is 0.829 bits per heavy atom. The van der Waals surface area contributed by atoms with Crippen LogP contribution in [0.3, 0.4) is 0 Å². The molecular formula is C28H29F3N4. The minimum absolute atomic E-state index is 0.194. The molecule has 1 aromatic heterocycles. The summed E-state index contributed by atoms with van der Waals surface area (Å²) in [6.07, 6.45) is -3.61.